The lowest BCUT2D eigenvalue weighted by atomic mass is 10.1. The van der Waals surface area contributed by atoms with Crippen LogP contribution < -0.4 is 19.5 Å². The summed E-state index contributed by atoms with van der Waals surface area (Å²) in [4.78, 5) is 17.1. The number of nitrogens with zero attached hydrogens (tertiary/aromatic N) is 1. The van der Waals surface area contributed by atoms with Gasteiger partial charge in [-0.3, -0.25) is 4.79 Å². The molecule has 1 N–H and O–H groups in total. The summed E-state index contributed by atoms with van der Waals surface area (Å²) in [5.74, 6) is 1.56. The summed E-state index contributed by atoms with van der Waals surface area (Å²) in [6.45, 7) is 3.72. The fourth-order valence-corrected chi connectivity index (χ4v) is 4.02. The minimum Gasteiger partial charge on any atom is -0.486 e. The van der Waals surface area contributed by atoms with E-state index < -0.39 is 0 Å². The maximum absolute atomic E-state index is 12.7. The Hall–Kier alpha value is -2.77. The van der Waals surface area contributed by atoms with Crippen molar-refractivity contribution in [2.24, 2.45) is 0 Å². The van der Waals surface area contributed by atoms with Gasteiger partial charge in [0.25, 0.3) is 5.91 Å². The molecule has 3 aromatic rings. The van der Waals surface area contributed by atoms with Crippen molar-refractivity contribution < 1.29 is 19.0 Å². The van der Waals surface area contributed by atoms with Crippen LogP contribution in [-0.4, -0.2) is 30.6 Å². The summed E-state index contributed by atoms with van der Waals surface area (Å²) >= 11 is 7.85. The summed E-state index contributed by atoms with van der Waals surface area (Å²) in [6, 6.07) is 10.9. The highest BCUT2D eigenvalue weighted by atomic mass is 35.5. The largest absolute Gasteiger partial charge is 0.486 e. The first-order valence-electron chi connectivity index (χ1n) is 9.59. The number of para-hydroxylation sites is 1. The molecule has 0 saturated carbocycles. The topological polar surface area (TPSA) is 69.7 Å². The van der Waals surface area contributed by atoms with Gasteiger partial charge in [-0.05, 0) is 43.2 Å². The van der Waals surface area contributed by atoms with Gasteiger partial charge in [0, 0.05) is 11.9 Å². The molecule has 6 nitrogen and oxygen atoms in total. The van der Waals surface area contributed by atoms with Gasteiger partial charge in [0.15, 0.2) is 11.5 Å². The molecule has 0 bridgehead atoms. The molecule has 2 aromatic carbocycles. The molecule has 0 fully saturated rings. The Morgan fingerprint density at radius 3 is 2.93 bits per heavy atom. The number of carbonyl (C=O) groups is 1. The maximum Gasteiger partial charge on any atom is 0.255 e. The highest BCUT2D eigenvalue weighted by molar-refractivity contribution is 7.09. The monoisotopic (exact) mass is 444 g/mol. The minimum absolute atomic E-state index is 0.191. The van der Waals surface area contributed by atoms with Crippen molar-refractivity contribution in [1.29, 1.82) is 0 Å². The highest BCUT2D eigenvalue weighted by Crippen LogP contribution is 2.38. The van der Waals surface area contributed by atoms with Crippen LogP contribution in [0.25, 0.3) is 0 Å². The summed E-state index contributed by atoms with van der Waals surface area (Å²) in [6.07, 6.45) is 0.614. The Balaban J connectivity index is 1.36. The van der Waals surface area contributed by atoms with E-state index >= 15 is 0 Å². The molecule has 0 unspecified atom stereocenters. The third-order valence-electron chi connectivity index (χ3n) is 4.53. The first-order valence-corrected chi connectivity index (χ1v) is 10.8. The maximum atomic E-state index is 12.7. The van der Waals surface area contributed by atoms with Gasteiger partial charge < -0.3 is 19.5 Å². The Bertz CT molecular complexity index is 1050. The zero-order valence-electron chi connectivity index (χ0n) is 16.4. The number of fused-ring (bicyclic) bond motifs is 1. The molecule has 0 atom stereocenters. The number of halogens is 1. The first-order chi connectivity index (χ1) is 14.6. The number of ether oxygens (including phenoxy) is 3. The molecule has 1 amide bonds. The number of hydrogen-bond acceptors (Lipinski definition) is 6. The van der Waals surface area contributed by atoms with Crippen LogP contribution in [-0.2, 0) is 13.0 Å². The number of aromatic nitrogens is 1. The fraction of sp³-hybridized carbons (Fsp3) is 0.273. The highest BCUT2D eigenvalue weighted by Gasteiger charge is 2.17. The number of rotatable bonds is 7. The van der Waals surface area contributed by atoms with Crippen LogP contribution in [0, 0.1) is 6.92 Å². The predicted molar refractivity (Wildman–Crippen MR) is 116 cm³/mol. The van der Waals surface area contributed by atoms with Gasteiger partial charge in [0.1, 0.15) is 25.6 Å². The van der Waals surface area contributed by atoms with Crippen LogP contribution in [0.3, 0.4) is 0 Å². The van der Waals surface area contributed by atoms with Crippen molar-refractivity contribution in [3.63, 3.8) is 0 Å². The van der Waals surface area contributed by atoms with E-state index in [1.807, 2.05) is 36.6 Å². The zero-order chi connectivity index (χ0) is 20.9. The normalized spacial score (nSPS) is 12.5. The third-order valence-corrected chi connectivity index (χ3v) is 5.63. The van der Waals surface area contributed by atoms with Gasteiger partial charge in [-0.25, -0.2) is 4.98 Å². The van der Waals surface area contributed by atoms with E-state index in [-0.39, 0.29) is 5.91 Å². The Labute approximate surface area is 183 Å². The van der Waals surface area contributed by atoms with E-state index in [2.05, 4.69) is 10.3 Å². The average Bonchev–Trinajstić information content (AvgIpc) is 3.17. The summed E-state index contributed by atoms with van der Waals surface area (Å²) in [5, 5.41) is 6.40. The van der Waals surface area contributed by atoms with Crippen molar-refractivity contribution in [3.05, 3.63) is 68.6 Å². The molecule has 0 radical (unpaired) electrons. The Morgan fingerprint density at radius 2 is 2.10 bits per heavy atom. The van der Waals surface area contributed by atoms with E-state index in [4.69, 9.17) is 25.8 Å². The molecular formula is C22H21ClN2O4S. The molecule has 1 aromatic heterocycles. The van der Waals surface area contributed by atoms with E-state index in [1.165, 1.54) is 0 Å². The van der Waals surface area contributed by atoms with E-state index in [0.717, 1.165) is 16.3 Å². The van der Waals surface area contributed by atoms with Crippen LogP contribution in [0.5, 0.6) is 17.2 Å². The van der Waals surface area contributed by atoms with Crippen LogP contribution in [0.4, 0.5) is 0 Å². The molecule has 0 aliphatic carbocycles. The van der Waals surface area contributed by atoms with Crippen LogP contribution in [0.15, 0.2) is 41.8 Å². The standard InChI is InChI=1S/C22H21ClN2O4S/c1-14-25-16(13-30-14)12-29-19-5-3-2-4-17(19)22(26)24-7-6-15-10-18(23)21-20(11-15)27-8-9-28-21/h2-5,10-11,13H,6-9,12H2,1H3,(H,24,26). The molecule has 156 valence electrons. The lowest BCUT2D eigenvalue weighted by Crippen LogP contribution is -2.26. The lowest BCUT2D eigenvalue weighted by Gasteiger charge is -2.20. The number of benzene rings is 2. The second-order valence-electron chi connectivity index (χ2n) is 6.75. The smallest absolute Gasteiger partial charge is 0.255 e. The van der Waals surface area contributed by atoms with Crippen molar-refractivity contribution in [3.8, 4) is 17.2 Å². The van der Waals surface area contributed by atoms with Crippen LogP contribution in [0.1, 0.15) is 26.6 Å². The van der Waals surface area contributed by atoms with Gasteiger partial charge >= 0.3 is 0 Å². The number of nitrogens with one attached hydrogen (secondary N) is 1. The summed E-state index contributed by atoms with van der Waals surface area (Å²) < 4.78 is 17.0. The molecule has 1 aliphatic rings. The molecule has 1 aliphatic heterocycles. The summed E-state index contributed by atoms with van der Waals surface area (Å²) in [7, 11) is 0. The van der Waals surface area contributed by atoms with E-state index in [9.17, 15) is 4.79 Å². The van der Waals surface area contributed by atoms with Gasteiger partial charge in [0.2, 0.25) is 0 Å². The SMILES string of the molecule is Cc1nc(COc2ccccc2C(=O)NCCc2cc(Cl)c3c(c2)OCCO3)cs1. The quantitative estimate of drug-likeness (QED) is 0.583. The van der Waals surface area contributed by atoms with Gasteiger partial charge in [-0.2, -0.15) is 0 Å². The van der Waals surface area contributed by atoms with Gasteiger partial charge in [-0.15, -0.1) is 11.3 Å². The lowest BCUT2D eigenvalue weighted by molar-refractivity contribution is 0.0949. The first kappa shape index (κ1) is 20.5. The number of thiazole rings is 1. The van der Waals surface area contributed by atoms with Crippen LogP contribution in [0.2, 0.25) is 5.02 Å². The van der Waals surface area contributed by atoms with Crippen molar-refractivity contribution in [2.45, 2.75) is 20.0 Å². The fourth-order valence-electron chi connectivity index (χ4n) is 3.13. The van der Waals surface area contributed by atoms with Crippen molar-refractivity contribution in [1.82, 2.24) is 10.3 Å². The molecule has 0 spiro atoms. The Kier molecular flexibility index (Phi) is 6.40. The average molecular weight is 445 g/mol. The zero-order valence-corrected chi connectivity index (χ0v) is 18.0. The van der Waals surface area contributed by atoms with Crippen molar-refractivity contribution >= 4 is 28.8 Å². The van der Waals surface area contributed by atoms with Gasteiger partial charge in [-0.1, -0.05) is 23.7 Å². The molecule has 4 rings (SSSR count). The molecule has 2 heterocycles. The van der Waals surface area contributed by atoms with E-state index in [1.54, 1.807) is 23.5 Å². The second-order valence-corrected chi connectivity index (χ2v) is 8.22. The number of aryl methyl sites for hydroxylation is 1. The molecule has 0 saturated heterocycles. The van der Waals surface area contributed by atoms with E-state index in [0.29, 0.717) is 60.6 Å². The number of amides is 1. The van der Waals surface area contributed by atoms with Crippen molar-refractivity contribution in [2.75, 3.05) is 19.8 Å². The second kappa shape index (κ2) is 9.36. The number of carbonyl (C=O) groups excluding carboxylic acids is 1. The minimum atomic E-state index is -0.191. The number of hydrogen-bond donors (Lipinski definition) is 1. The Morgan fingerprint density at radius 1 is 1.27 bits per heavy atom. The third kappa shape index (κ3) is 4.86. The van der Waals surface area contributed by atoms with Gasteiger partial charge in [0.05, 0.1) is 21.3 Å². The molecule has 30 heavy (non-hydrogen) atoms. The molecule has 8 heteroatoms. The predicted octanol–water partition coefficient (Wildman–Crippen LogP) is 4.43. The molecular weight excluding hydrogens is 424 g/mol. The summed E-state index contributed by atoms with van der Waals surface area (Å²) in [5.41, 5.74) is 2.31. The van der Waals surface area contributed by atoms with Crippen LogP contribution >= 0.6 is 22.9 Å².